The van der Waals surface area contributed by atoms with Crippen molar-refractivity contribution in [2.45, 2.75) is 38.8 Å². The van der Waals surface area contributed by atoms with Gasteiger partial charge in [-0.05, 0) is 23.6 Å². The van der Waals surface area contributed by atoms with Gasteiger partial charge >= 0.3 is 5.97 Å². The van der Waals surface area contributed by atoms with E-state index in [2.05, 4.69) is 10.6 Å². The van der Waals surface area contributed by atoms with Crippen LogP contribution in [0.5, 0.6) is 0 Å². The van der Waals surface area contributed by atoms with E-state index in [1.54, 1.807) is 24.3 Å². The van der Waals surface area contributed by atoms with Crippen LogP contribution in [0.25, 0.3) is 0 Å². The molecule has 2 rings (SSSR count). The minimum absolute atomic E-state index is 0.0376. The first kappa shape index (κ1) is 23.4. The summed E-state index contributed by atoms with van der Waals surface area (Å²) < 4.78 is 4.82. The van der Waals surface area contributed by atoms with Gasteiger partial charge in [0.05, 0.1) is 30.2 Å². The summed E-state index contributed by atoms with van der Waals surface area (Å²) in [5.74, 6) is -1.32. The first-order valence-corrected chi connectivity index (χ1v) is 10.2. The fraction of sp³-hybridized carbons (Fsp3) is 0.348. The van der Waals surface area contributed by atoms with Gasteiger partial charge in [-0.15, -0.1) is 0 Å². The summed E-state index contributed by atoms with van der Waals surface area (Å²) in [6.45, 7) is 3.80. The van der Waals surface area contributed by atoms with E-state index < -0.39 is 18.1 Å². The van der Waals surface area contributed by atoms with Gasteiger partial charge in [0.15, 0.2) is 0 Å². The third-order valence-electron chi connectivity index (χ3n) is 5.00. The monoisotopic (exact) mass is 430 g/mol. The molecule has 7 heteroatoms. The number of rotatable bonds is 9. The Kier molecular flexibility index (Phi) is 8.87. The van der Waals surface area contributed by atoms with Crippen molar-refractivity contribution in [2.24, 2.45) is 5.92 Å². The minimum Gasteiger partial charge on any atom is -0.467 e. The van der Waals surface area contributed by atoms with E-state index in [0.29, 0.717) is 17.0 Å². The van der Waals surface area contributed by atoms with E-state index in [1.165, 1.54) is 7.11 Å². The molecule has 0 aliphatic heterocycles. The number of hydrogen-bond donors (Lipinski definition) is 2. The molecule has 2 aromatic rings. The molecule has 0 aliphatic carbocycles. The number of esters is 1. The number of nitrogens with one attached hydrogen (secondary N) is 2. The van der Waals surface area contributed by atoms with E-state index in [-0.39, 0.29) is 24.2 Å². The molecule has 0 aromatic heterocycles. The normalized spacial score (nSPS) is 13.6. The summed E-state index contributed by atoms with van der Waals surface area (Å²) in [6, 6.07) is 14.6. The highest BCUT2D eigenvalue weighted by atomic mass is 35.5. The summed E-state index contributed by atoms with van der Waals surface area (Å²) >= 11 is 6.13. The Bertz CT molecular complexity index is 873. The van der Waals surface area contributed by atoms with Gasteiger partial charge < -0.3 is 15.4 Å². The number of carbonyl (C=O) groups excluding carboxylic acids is 3. The van der Waals surface area contributed by atoms with Crippen LogP contribution in [0.2, 0.25) is 5.02 Å². The summed E-state index contributed by atoms with van der Waals surface area (Å²) in [5.41, 5.74) is 1.10. The Hall–Kier alpha value is -2.86. The second-order valence-electron chi connectivity index (χ2n) is 7.07. The fourth-order valence-electron chi connectivity index (χ4n) is 3.03. The third-order valence-corrected chi connectivity index (χ3v) is 5.33. The zero-order chi connectivity index (χ0) is 22.1. The van der Waals surface area contributed by atoms with Crippen molar-refractivity contribution in [3.8, 4) is 0 Å². The lowest BCUT2D eigenvalue weighted by Crippen LogP contribution is -2.46. The molecule has 2 aromatic carbocycles. The largest absolute Gasteiger partial charge is 0.467 e. The third kappa shape index (κ3) is 6.32. The molecular weight excluding hydrogens is 404 g/mol. The van der Waals surface area contributed by atoms with E-state index in [4.69, 9.17) is 16.3 Å². The molecular formula is C23H27ClN2O4. The molecule has 30 heavy (non-hydrogen) atoms. The van der Waals surface area contributed by atoms with Crippen molar-refractivity contribution in [3.63, 3.8) is 0 Å². The van der Waals surface area contributed by atoms with Crippen molar-refractivity contribution in [1.82, 2.24) is 10.6 Å². The number of ether oxygens (including phenoxy) is 1. The Morgan fingerprint density at radius 1 is 1.00 bits per heavy atom. The molecule has 2 N–H and O–H groups in total. The van der Waals surface area contributed by atoms with Gasteiger partial charge in [-0.3, -0.25) is 9.59 Å². The Morgan fingerprint density at radius 2 is 1.63 bits per heavy atom. The lowest BCUT2D eigenvalue weighted by Gasteiger charge is -2.24. The van der Waals surface area contributed by atoms with Crippen molar-refractivity contribution in [1.29, 1.82) is 0 Å². The second kappa shape index (κ2) is 11.4. The number of hydrogen-bond acceptors (Lipinski definition) is 4. The fourth-order valence-corrected chi connectivity index (χ4v) is 3.25. The summed E-state index contributed by atoms with van der Waals surface area (Å²) in [4.78, 5) is 37.6. The molecule has 0 bridgehead atoms. The van der Waals surface area contributed by atoms with Crippen LogP contribution < -0.4 is 10.6 Å². The molecule has 0 fully saturated rings. The summed E-state index contributed by atoms with van der Waals surface area (Å²) in [6.07, 6.45) is 0.662. The average molecular weight is 431 g/mol. The maximum Gasteiger partial charge on any atom is 0.328 e. The van der Waals surface area contributed by atoms with Crippen LogP contribution in [0.15, 0.2) is 54.6 Å². The molecule has 0 radical (unpaired) electrons. The quantitative estimate of drug-likeness (QED) is 0.591. The number of halogens is 1. The molecule has 2 amide bonds. The van der Waals surface area contributed by atoms with Crippen LogP contribution in [-0.4, -0.2) is 30.9 Å². The lowest BCUT2D eigenvalue weighted by molar-refractivity contribution is -0.146. The smallest absolute Gasteiger partial charge is 0.328 e. The molecule has 160 valence electrons. The molecule has 3 atom stereocenters. The molecule has 0 saturated heterocycles. The van der Waals surface area contributed by atoms with Crippen LogP contribution in [0, 0.1) is 5.92 Å². The van der Waals surface area contributed by atoms with Crippen LogP contribution >= 0.6 is 11.6 Å². The highest BCUT2D eigenvalue weighted by Gasteiger charge is 2.28. The minimum atomic E-state index is -0.747. The Morgan fingerprint density at radius 3 is 2.23 bits per heavy atom. The second-order valence-corrected chi connectivity index (χ2v) is 7.48. The van der Waals surface area contributed by atoms with Gasteiger partial charge in [0.1, 0.15) is 6.04 Å². The van der Waals surface area contributed by atoms with E-state index in [9.17, 15) is 14.4 Å². The van der Waals surface area contributed by atoms with Crippen molar-refractivity contribution in [2.75, 3.05) is 7.11 Å². The number of methoxy groups -OCH3 is 1. The predicted molar refractivity (Wildman–Crippen MR) is 116 cm³/mol. The van der Waals surface area contributed by atoms with E-state index >= 15 is 0 Å². The first-order chi connectivity index (χ1) is 14.4. The van der Waals surface area contributed by atoms with Gasteiger partial charge in [-0.1, -0.05) is 74.3 Å². The van der Waals surface area contributed by atoms with Crippen molar-refractivity contribution < 1.29 is 19.1 Å². The van der Waals surface area contributed by atoms with Crippen LogP contribution in [0.4, 0.5) is 0 Å². The maximum atomic E-state index is 12.8. The summed E-state index contributed by atoms with van der Waals surface area (Å²) in [7, 11) is 1.29. The topological polar surface area (TPSA) is 84.5 Å². The predicted octanol–water partition coefficient (Wildman–Crippen LogP) is 3.91. The molecule has 3 unspecified atom stereocenters. The molecule has 0 heterocycles. The zero-order valence-electron chi connectivity index (χ0n) is 17.4. The molecule has 6 nitrogen and oxygen atoms in total. The Balaban J connectivity index is 2.19. The number of amides is 2. The van der Waals surface area contributed by atoms with E-state index in [1.807, 2.05) is 44.2 Å². The standard InChI is InChI=1S/C23H27ClN2O4/c1-4-15(2)21(23(29)30-3)26-20(27)14-19(16-10-6-5-7-11-16)25-22(28)17-12-8-9-13-18(17)24/h5-13,15,19,21H,4,14H2,1-3H3,(H,25,28)(H,26,27). The van der Waals surface area contributed by atoms with Gasteiger partial charge in [0.25, 0.3) is 5.91 Å². The van der Waals surface area contributed by atoms with Gasteiger partial charge in [-0.2, -0.15) is 0 Å². The van der Waals surface area contributed by atoms with E-state index in [0.717, 1.165) is 5.56 Å². The average Bonchev–Trinajstić information content (AvgIpc) is 2.76. The zero-order valence-corrected chi connectivity index (χ0v) is 18.1. The summed E-state index contributed by atoms with van der Waals surface area (Å²) in [5, 5.41) is 5.96. The Labute approximate surface area is 182 Å². The molecule has 0 spiro atoms. The van der Waals surface area contributed by atoms with Gasteiger partial charge in [-0.25, -0.2) is 4.79 Å². The SMILES string of the molecule is CCC(C)C(NC(=O)CC(NC(=O)c1ccccc1Cl)c1ccccc1)C(=O)OC. The van der Waals surface area contributed by atoms with Crippen molar-refractivity contribution in [3.05, 3.63) is 70.7 Å². The van der Waals surface area contributed by atoms with Crippen molar-refractivity contribution >= 4 is 29.4 Å². The highest BCUT2D eigenvalue weighted by molar-refractivity contribution is 6.33. The highest BCUT2D eigenvalue weighted by Crippen LogP contribution is 2.21. The lowest BCUT2D eigenvalue weighted by atomic mass is 9.98. The molecule has 0 aliphatic rings. The maximum absolute atomic E-state index is 12.8. The molecule has 0 saturated carbocycles. The van der Waals surface area contributed by atoms with Gasteiger partial charge in [0, 0.05) is 0 Å². The van der Waals surface area contributed by atoms with Gasteiger partial charge in [0.2, 0.25) is 5.91 Å². The van der Waals surface area contributed by atoms with Crippen LogP contribution in [0.3, 0.4) is 0 Å². The first-order valence-electron chi connectivity index (χ1n) is 9.84. The van der Waals surface area contributed by atoms with Crippen LogP contribution in [0.1, 0.15) is 48.7 Å². The van der Waals surface area contributed by atoms with Crippen LogP contribution in [-0.2, 0) is 14.3 Å². The number of carbonyl (C=O) groups is 3. The number of benzene rings is 2.